The fraction of sp³-hybridized carbons (Fsp3) is 0.574. The molecule has 14 heteroatoms. The molecule has 1 heterocycles. The third-order valence-corrected chi connectivity index (χ3v) is 14.3. The van der Waals surface area contributed by atoms with Crippen LogP contribution in [0.1, 0.15) is 133 Å². The Morgan fingerprint density at radius 2 is 1.31 bits per heavy atom. The molecule has 3 aromatic rings. The Kier molecular flexibility index (Phi) is 17.4. The van der Waals surface area contributed by atoms with E-state index in [1.54, 1.807) is 32.8 Å². The van der Waals surface area contributed by atoms with Gasteiger partial charge in [0.05, 0.1) is 24.2 Å². The Hall–Kier alpha value is -4.99. The number of aliphatic imine (C=N–C) groups is 1. The first kappa shape index (κ1) is 52.4. The highest BCUT2D eigenvalue weighted by molar-refractivity contribution is 6.02. The number of carbonyl (C=O) groups excluding carboxylic acids is 4. The molecule has 1 aliphatic heterocycles. The molecule has 0 bridgehead atoms. The highest BCUT2D eigenvalue weighted by atomic mass is 16.3. The van der Waals surface area contributed by atoms with Crippen molar-refractivity contribution < 1.29 is 29.4 Å². The molecule has 0 radical (unpaired) electrons. The lowest BCUT2D eigenvalue weighted by Gasteiger charge is -2.37. The fourth-order valence-electron chi connectivity index (χ4n) is 9.85. The van der Waals surface area contributed by atoms with E-state index in [4.69, 9.17) is 4.99 Å². The highest BCUT2D eigenvalue weighted by Gasteiger charge is 2.46. The molecule has 6 rings (SSSR count). The normalized spacial score (nSPS) is 22.1. The first-order chi connectivity index (χ1) is 32.2. The van der Waals surface area contributed by atoms with Crippen LogP contribution in [0.15, 0.2) is 77.8 Å². The quantitative estimate of drug-likeness (QED) is 0.0878. The van der Waals surface area contributed by atoms with E-state index in [0.717, 1.165) is 66.5 Å². The number of likely N-dealkylation sites (tertiary alicyclic amines) is 1. The summed E-state index contributed by atoms with van der Waals surface area (Å²) < 4.78 is 0. The number of aliphatic hydroxyl groups is 2. The Morgan fingerprint density at radius 1 is 0.721 bits per heavy atom. The number of hydrogen-bond acceptors (Lipinski definition) is 10. The van der Waals surface area contributed by atoms with Crippen molar-refractivity contribution in [1.82, 2.24) is 36.8 Å². The number of carbonyl (C=O) groups is 4. The van der Waals surface area contributed by atoms with Gasteiger partial charge in [-0.05, 0) is 124 Å². The van der Waals surface area contributed by atoms with Crippen molar-refractivity contribution in [3.05, 3.63) is 106 Å². The third-order valence-electron chi connectivity index (χ3n) is 14.3. The Balaban J connectivity index is 1.28. The summed E-state index contributed by atoms with van der Waals surface area (Å²) in [6.45, 7) is 15.3. The van der Waals surface area contributed by atoms with Crippen molar-refractivity contribution in [2.75, 3.05) is 20.6 Å². The maximum atomic E-state index is 14.8. The van der Waals surface area contributed by atoms with Gasteiger partial charge in [0.1, 0.15) is 18.3 Å². The SMILES string of the molecule is CN[C@@H](C)C(=O)NC(C(=O)NC(Cc1ccc(C2C[C@@H](C(O)/N=C3\CCCc4ccccc43)N(C(=O)C(NC(=O)[C@H](C)NC)C(C)(C)C)C2)cc1)C(O)NC1CCCc2ccccc21)C(C)(C)C. The number of amides is 4. The molecule has 14 nitrogen and oxygen atoms in total. The second-order valence-electron chi connectivity index (χ2n) is 21.4. The summed E-state index contributed by atoms with van der Waals surface area (Å²) in [5.74, 6) is -1.42. The van der Waals surface area contributed by atoms with Gasteiger partial charge in [-0.3, -0.25) is 29.5 Å². The van der Waals surface area contributed by atoms with Crippen LogP contribution in [0.4, 0.5) is 0 Å². The first-order valence-electron chi connectivity index (χ1n) is 24.7. The van der Waals surface area contributed by atoms with Crippen LogP contribution in [0.2, 0.25) is 0 Å². The van der Waals surface area contributed by atoms with E-state index >= 15 is 0 Å². The minimum absolute atomic E-state index is 0.112. The molecule has 3 aliphatic rings. The van der Waals surface area contributed by atoms with Crippen molar-refractivity contribution in [1.29, 1.82) is 0 Å². The highest BCUT2D eigenvalue weighted by Crippen LogP contribution is 2.37. The smallest absolute Gasteiger partial charge is 0.246 e. The molecular weight excluding hydrogens is 857 g/mol. The number of benzene rings is 3. The van der Waals surface area contributed by atoms with Gasteiger partial charge >= 0.3 is 0 Å². The van der Waals surface area contributed by atoms with Gasteiger partial charge in [-0.15, -0.1) is 0 Å². The largest absolute Gasteiger partial charge is 0.376 e. The van der Waals surface area contributed by atoms with E-state index in [1.165, 1.54) is 11.1 Å². The zero-order valence-corrected chi connectivity index (χ0v) is 42.0. The summed E-state index contributed by atoms with van der Waals surface area (Å²) >= 11 is 0. The van der Waals surface area contributed by atoms with Gasteiger partial charge in [0.2, 0.25) is 23.6 Å². The number of rotatable bonds is 17. The van der Waals surface area contributed by atoms with Gasteiger partial charge in [-0.2, -0.15) is 0 Å². The third kappa shape index (κ3) is 12.8. The minimum atomic E-state index is -1.20. The topological polar surface area (TPSA) is 197 Å². The maximum Gasteiger partial charge on any atom is 0.246 e. The number of nitrogens with zero attached hydrogens (tertiary/aromatic N) is 2. The summed E-state index contributed by atoms with van der Waals surface area (Å²) in [4.78, 5) is 62.1. The molecule has 0 saturated carbocycles. The Labute approximate surface area is 404 Å². The molecule has 1 fully saturated rings. The lowest BCUT2D eigenvalue weighted by atomic mass is 9.85. The van der Waals surface area contributed by atoms with Crippen LogP contribution in [0.25, 0.3) is 0 Å². The van der Waals surface area contributed by atoms with Crippen molar-refractivity contribution in [2.24, 2.45) is 15.8 Å². The summed E-state index contributed by atoms with van der Waals surface area (Å²) in [6.07, 6.45) is 3.74. The lowest BCUT2D eigenvalue weighted by molar-refractivity contribution is -0.142. The molecule has 2 aliphatic carbocycles. The summed E-state index contributed by atoms with van der Waals surface area (Å²) in [5, 5.41) is 42.5. The maximum absolute atomic E-state index is 14.8. The monoisotopic (exact) mass is 935 g/mol. The van der Waals surface area contributed by atoms with Crippen LogP contribution in [0, 0.1) is 10.8 Å². The van der Waals surface area contributed by atoms with Gasteiger partial charge in [-0.25, -0.2) is 0 Å². The first-order valence-corrected chi connectivity index (χ1v) is 24.7. The molecule has 3 aromatic carbocycles. The second-order valence-corrected chi connectivity index (χ2v) is 21.4. The summed E-state index contributed by atoms with van der Waals surface area (Å²) in [6, 6.07) is 20.1. The van der Waals surface area contributed by atoms with Gasteiger partial charge < -0.3 is 41.7 Å². The summed E-state index contributed by atoms with van der Waals surface area (Å²) in [7, 11) is 3.39. The number of aliphatic hydroxyl groups excluding tert-OH is 2. The van der Waals surface area contributed by atoms with E-state index in [2.05, 4.69) is 50.1 Å². The molecule has 370 valence electrons. The lowest BCUT2D eigenvalue weighted by Crippen LogP contribution is -2.61. The van der Waals surface area contributed by atoms with Gasteiger partial charge in [-0.1, -0.05) is 114 Å². The number of likely N-dealkylation sites (N-methyl/N-ethyl adjacent to an activating group) is 2. The number of fused-ring (bicyclic) bond motifs is 2. The average Bonchev–Trinajstić information content (AvgIpc) is 3.77. The van der Waals surface area contributed by atoms with E-state index < -0.39 is 65.4 Å². The summed E-state index contributed by atoms with van der Waals surface area (Å²) in [5.41, 5.74) is 5.98. The standard InChI is InChI=1S/C54H78N8O6/c1-32(55-9)47(63)60-45(53(3,4)5)51(67)59-43(49(65)57-41-23-15-19-36-17-11-13-21-39(36)41)29-34-25-27-35(28-26-34)38-30-44(50(66)58-42-24-16-20-37-18-12-14-22-40(37)42)62(31-38)52(68)46(54(6,7)8)61-48(64)33(2)56-10/h11-14,17-18,21-22,25-28,32-33,38,41,43-46,49-50,55-57,65-66H,15-16,19-20,23-24,29-31H2,1-10H3,(H,59,67)(H,60,63)(H,61,64)/b58-42+/t32-,33-,38?,41?,43?,44-,45?,46?,49?,50?/m0/s1. The van der Waals surface area contributed by atoms with Crippen molar-refractivity contribution in [3.8, 4) is 0 Å². The van der Waals surface area contributed by atoms with Crippen molar-refractivity contribution in [2.45, 2.75) is 167 Å². The number of hydrogen-bond donors (Lipinski definition) is 8. The van der Waals surface area contributed by atoms with Crippen molar-refractivity contribution in [3.63, 3.8) is 0 Å². The molecule has 10 atom stereocenters. The van der Waals surface area contributed by atoms with E-state index in [-0.39, 0.29) is 36.1 Å². The van der Waals surface area contributed by atoms with Crippen LogP contribution < -0.4 is 31.9 Å². The molecule has 0 spiro atoms. The van der Waals surface area contributed by atoms with Crippen molar-refractivity contribution >= 4 is 29.3 Å². The molecule has 7 unspecified atom stereocenters. The molecule has 68 heavy (non-hydrogen) atoms. The zero-order valence-electron chi connectivity index (χ0n) is 42.0. The second kappa shape index (κ2) is 22.6. The van der Waals surface area contributed by atoms with Crippen LogP contribution >= 0.6 is 0 Å². The van der Waals surface area contributed by atoms with Crippen LogP contribution in [0.3, 0.4) is 0 Å². The molecular formula is C54H78N8O6. The Bertz CT molecular complexity index is 2250. The van der Waals surface area contributed by atoms with Crippen LogP contribution in [-0.2, 0) is 38.4 Å². The average molecular weight is 935 g/mol. The molecule has 4 amide bonds. The minimum Gasteiger partial charge on any atom is -0.376 e. The fourth-order valence-corrected chi connectivity index (χ4v) is 9.85. The molecule has 0 aromatic heterocycles. The zero-order chi connectivity index (χ0) is 49.5. The number of nitrogens with one attached hydrogen (secondary N) is 6. The van der Waals surface area contributed by atoms with Gasteiger partial charge in [0, 0.05) is 24.2 Å². The number of aryl methyl sites for hydroxylation is 2. The molecule has 8 N–H and O–H groups in total. The van der Waals surface area contributed by atoms with Crippen LogP contribution in [-0.4, -0.2) is 114 Å². The Morgan fingerprint density at radius 3 is 1.94 bits per heavy atom. The van der Waals surface area contributed by atoms with E-state index in [0.29, 0.717) is 13.0 Å². The van der Waals surface area contributed by atoms with E-state index in [9.17, 15) is 29.4 Å². The predicted octanol–water partition coefficient (Wildman–Crippen LogP) is 4.81. The van der Waals surface area contributed by atoms with Gasteiger partial charge in [0.25, 0.3) is 0 Å². The van der Waals surface area contributed by atoms with E-state index in [1.807, 2.05) is 96.1 Å². The van der Waals surface area contributed by atoms with Gasteiger partial charge in [0.15, 0.2) is 6.23 Å². The predicted molar refractivity (Wildman–Crippen MR) is 268 cm³/mol. The van der Waals surface area contributed by atoms with Crippen LogP contribution in [0.5, 0.6) is 0 Å². The molecule has 1 saturated heterocycles.